The van der Waals surface area contributed by atoms with Gasteiger partial charge in [0.25, 0.3) is 5.91 Å². The molecule has 0 saturated carbocycles. The van der Waals surface area contributed by atoms with Gasteiger partial charge in [-0.15, -0.1) is 11.3 Å². The van der Waals surface area contributed by atoms with Crippen molar-refractivity contribution in [3.8, 4) is 28.5 Å². The number of aromatic amines is 1. The standard InChI is InChI=1S/C32H33N9O3S/c1-44-27-8-5-22(18-35-27)29-25-17-26(45-32(25)38-37-29)31(43)36-23-9-12-39(19-23)20-28(42)41-15-13-40(14-16-41)24-6-3-21(4-7-24)30-33-10-2-11-34-30/h2-8,10-11,17-18,23H,9,12-16,19-20H2,1H3,(H,36,43)(H,37,38)/t23-/m1/s1. The Bertz CT molecular complexity index is 1780. The Morgan fingerprint density at radius 1 is 1.00 bits per heavy atom. The summed E-state index contributed by atoms with van der Waals surface area (Å²) in [4.78, 5) is 47.0. The van der Waals surface area contributed by atoms with Gasteiger partial charge in [0.05, 0.1) is 18.5 Å². The Kier molecular flexibility index (Phi) is 8.09. The molecule has 2 fully saturated rings. The van der Waals surface area contributed by atoms with Gasteiger partial charge in [-0.2, -0.15) is 5.10 Å². The number of hydrogen-bond donors (Lipinski definition) is 2. The number of hydrogen-bond acceptors (Lipinski definition) is 10. The fourth-order valence-corrected chi connectivity index (χ4v) is 6.82. The third-order valence-corrected chi connectivity index (χ3v) is 9.39. The maximum absolute atomic E-state index is 13.1. The van der Waals surface area contributed by atoms with Crippen molar-refractivity contribution in [1.82, 2.24) is 40.3 Å². The number of pyridine rings is 1. The number of anilines is 1. The van der Waals surface area contributed by atoms with Crippen LogP contribution in [-0.2, 0) is 4.79 Å². The highest BCUT2D eigenvalue weighted by Crippen LogP contribution is 2.32. The van der Waals surface area contributed by atoms with Gasteiger partial charge in [0.15, 0.2) is 5.82 Å². The lowest BCUT2D eigenvalue weighted by atomic mass is 10.1. The predicted octanol–water partition coefficient (Wildman–Crippen LogP) is 3.30. The van der Waals surface area contributed by atoms with Crippen molar-refractivity contribution in [2.45, 2.75) is 12.5 Å². The van der Waals surface area contributed by atoms with Gasteiger partial charge in [-0.1, -0.05) is 0 Å². The highest BCUT2D eigenvalue weighted by molar-refractivity contribution is 7.20. The summed E-state index contributed by atoms with van der Waals surface area (Å²) in [5.74, 6) is 1.27. The monoisotopic (exact) mass is 623 g/mol. The number of fused-ring (bicyclic) bond motifs is 1. The van der Waals surface area contributed by atoms with Crippen molar-refractivity contribution in [1.29, 1.82) is 0 Å². The van der Waals surface area contributed by atoms with Crippen LogP contribution in [0.3, 0.4) is 0 Å². The molecule has 0 radical (unpaired) electrons. The van der Waals surface area contributed by atoms with E-state index in [9.17, 15) is 9.59 Å². The first-order valence-electron chi connectivity index (χ1n) is 15.0. The molecule has 12 nitrogen and oxygen atoms in total. The number of aromatic nitrogens is 5. The van der Waals surface area contributed by atoms with Crippen LogP contribution in [-0.4, -0.2) is 106 Å². The molecule has 6 heterocycles. The largest absolute Gasteiger partial charge is 0.481 e. The molecular formula is C32H33N9O3S. The van der Waals surface area contributed by atoms with Gasteiger partial charge in [-0.25, -0.2) is 15.0 Å². The number of likely N-dealkylation sites (tertiary alicyclic amines) is 1. The minimum Gasteiger partial charge on any atom is -0.481 e. The Balaban J connectivity index is 0.885. The first kappa shape index (κ1) is 28.9. The second kappa shape index (κ2) is 12.6. The van der Waals surface area contributed by atoms with Crippen LogP contribution in [0.1, 0.15) is 16.1 Å². The van der Waals surface area contributed by atoms with E-state index in [0.717, 1.165) is 58.8 Å². The topological polar surface area (TPSA) is 132 Å². The molecule has 5 aromatic rings. The summed E-state index contributed by atoms with van der Waals surface area (Å²) in [7, 11) is 1.58. The highest BCUT2D eigenvalue weighted by atomic mass is 32.1. The van der Waals surface area contributed by atoms with Crippen LogP contribution in [0.4, 0.5) is 5.69 Å². The van der Waals surface area contributed by atoms with E-state index in [-0.39, 0.29) is 17.9 Å². The second-order valence-electron chi connectivity index (χ2n) is 11.2. The Hall–Kier alpha value is -4.88. The molecule has 0 aliphatic carbocycles. The molecule has 0 bridgehead atoms. The fraction of sp³-hybridized carbons (Fsp3) is 0.312. The van der Waals surface area contributed by atoms with Crippen LogP contribution in [0.2, 0.25) is 0 Å². The molecule has 2 aliphatic heterocycles. The number of piperazine rings is 1. The second-order valence-corrected chi connectivity index (χ2v) is 12.2. The zero-order valence-electron chi connectivity index (χ0n) is 24.8. The number of rotatable bonds is 8. The zero-order chi connectivity index (χ0) is 30.8. The number of nitrogens with one attached hydrogen (secondary N) is 2. The van der Waals surface area contributed by atoms with Crippen LogP contribution >= 0.6 is 11.3 Å². The number of methoxy groups -OCH3 is 1. The Morgan fingerprint density at radius 2 is 1.78 bits per heavy atom. The molecule has 2 saturated heterocycles. The molecular weight excluding hydrogens is 590 g/mol. The van der Waals surface area contributed by atoms with Gasteiger partial charge in [0.1, 0.15) is 10.5 Å². The minimum atomic E-state index is -0.109. The molecule has 2 N–H and O–H groups in total. The van der Waals surface area contributed by atoms with E-state index in [2.05, 4.69) is 52.4 Å². The summed E-state index contributed by atoms with van der Waals surface area (Å²) in [6.45, 7) is 4.74. The number of H-pyrrole nitrogens is 1. The Morgan fingerprint density at radius 3 is 2.51 bits per heavy atom. The van der Waals surface area contributed by atoms with E-state index in [4.69, 9.17) is 4.74 Å². The van der Waals surface area contributed by atoms with E-state index >= 15 is 0 Å². The molecule has 230 valence electrons. The summed E-state index contributed by atoms with van der Waals surface area (Å²) in [5.41, 5.74) is 3.71. The number of ether oxygens (including phenoxy) is 1. The van der Waals surface area contributed by atoms with E-state index in [0.29, 0.717) is 42.8 Å². The van der Waals surface area contributed by atoms with Crippen LogP contribution < -0.4 is 15.0 Å². The Labute approximate surface area is 264 Å². The molecule has 2 aliphatic rings. The number of amides is 2. The minimum absolute atomic E-state index is 0.00442. The van der Waals surface area contributed by atoms with Crippen molar-refractivity contribution in [2.24, 2.45) is 0 Å². The number of nitrogens with zero attached hydrogens (tertiary/aromatic N) is 7. The summed E-state index contributed by atoms with van der Waals surface area (Å²) in [6, 6.07) is 15.6. The maximum atomic E-state index is 13.1. The molecule has 0 unspecified atom stereocenters. The summed E-state index contributed by atoms with van der Waals surface area (Å²) < 4.78 is 5.15. The molecule has 2 amide bonds. The fourth-order valence-electron chi connectivity index (χ4n) is 5.92. The third kappa shape index (κ3) is 6.22. The van der Waals surface area contributed by atoms with Crippen LogP contribution in [0.25, 0.3) is 32.9 Å². The van der Waals surface area contributed by atoms with Gasteiger partial charge in [-0.05, 0) is 48.9 Å². The number of carbonyl (C=O) groups is 2. The first-order valence-corrected chi connectivity index (χ1v) is 15.8. The smallest absolute Gasteiger partial charge is 0.261 e. The summed E-state index contributed by atoms with van der Waals surface area (Å²) in [5, 5.41) is 11.5. The number of benzene rings is 1. The first-order chi connectivity index (χ1) is 22.0. The van der Waals surface area contributed by atoms with Crippen molar-refractivity contribution >= 4 is 39.1 Å². The normalized spacial score (nSPS) is 17.1. The van der Waals surface area contributed by atoms with E-state index in [1.807, 2.05) is 35.2 Å². The summed E-state index contributed by atoms with van der Waals surface area (Å²) in [6.07, 6.45) is 6.00. The van der Waals surface area contributed by atoms with Gasteiger partial charge >= 0.3 is 0 Å². The van der Waals surface area contributed by atoms with Crippen molar-refractivity contribution < 1.29 is 14.3 Å². The average molecular weight is 624 g/mol. The predicted molar refractivity (Wildman–Crippen MR) is 172 cm³/mol. The van der Waals surface area contributed by atoms with E-state index < -0.39 is 0 Å². The van der Waals surface area contributed by atoms with Gasteiger partial charge in [0, 0.05) is 92.2 Å². The molecule has 0 spiro atoms. The number of carbonyl (C=O) groups excluding carboxylic acids is 2. The quantitative estimate of drug-likeness (QED) is 0.267. The van der Waals surface area contributed by atoms with Crippen molar-refractivity contribution in [3.05, 3.63) is 72.0 Å². The number of thiophene rings is 1. The molecule has 1 aromatic carbocycles. The molecule has 45 heavy (non-hydrogen) atoms. The highest BCUT2D eigenvalue weighted by Gasteiger charge is 2.29. The average Bonchev–Trinajstić information content (AvgIpc) is 3.82. The van der Waals surface area contributed by atoms with E-state index in [1.54, 1.807) is 31.8 Å². The third-order valence-electron chi connectivity index (χ3n) is 8.35. The van der Waals surface area contributed by atoms with Crippen LogP contribution in [0.5, 0.6) is 5.88 Å². The molecule has 4 aromatic heterocycles. The lowest BCUT2D eigenvalue weighted by Gasteiger charge is -2.36. The van der Waals surface area contributed by atoms with Crippen LogP contribution in [0.15, 0.2) is 67.1 Å². The van der Waals surface area contributed by atoms with Gasteiger partial charge in [0.2, 0.25) is 11.8 Å². The molecule has 1 atom stereocenters. The summed E-state index contributed by atoms with van der Waals surface area (Å²) >= 11 is 1.38. The van der Waals surface area contributed by atoms with Crippen LogP contribution in [0, 0.1) is 0 Å². The van der Waals surface area contributed by atoms with Crippen molar-refractivity contribution in [2.75, 3.05) is 57.8 Å². The van der Waals surface area contributed by atoms with Gasteiger partial charge in [-0.3, -0.25) is 19.6 Å². The lowest BCUT2D eigenvalue weighted by molar-refractivity contribution is -0.132. The van der Waals surface area contributed by atoms with Gasteiger partial charge < -0.3 is 19.9 Å². The SMILES string of the molecule is COc1ccc(-c2n[nH]c3sc(C(=O)N[C@@H]4CCN(CC(=O)N5CCN(c6ccc(-c7ncccn7)cc6)CC5)C4)cc23)cn1. The lowest BCUT2D eigenvalue weighted by Crippen LogP contribution is -2.51. The molecule has 13 heteroatoms. The maximum Gasteiger partial charge on any atom is 0.261 e. The zero-order valence-corrected chi connectivity index (χ0v) is 25.7. The van der Waals surface area contributed by atoms with E-state index in [1.165, 1.54) is 11.3 Å². The molecule has 7 rings (SSSR count). The van der Waals surface area contributed by atoms with Crippen molar-refractivity contribution in [3.63, 3.8) is 0 Å².